The summed E-state index contributed by atoms with van der Waals surface area (Å²) in [4.78, 5) is 4.11. The molecule has 0 atom stereocenters. The Kier molecular flexibility index (Phi) is 4.47. The number of benzene rings is 1. The summed E-state index contributed by atoms with van der Waals surface area (Å²) in [6.45, 7) is 0.541. The molecule has 0 aliphatic heterocycles. The van der Waals surface area contributed by atoms with Gasteiger partial charge in [0.2, 0.25) is 0 Å². The van der Waals surface area contributed by atoms with E-state index >= 15 is 0 Å². The van der Waals surface area contributed by atoms with Crippen LogP contribution in [0.15, 0.2) is 30.3 Å². The molecule has 2 aromatic rings. The number of rotatable bonds is 4. The minimum absolute atomic E-state index is 0.238. The second-order valence-corrected chi connectivity index (χ2v) is 4.76. The van der Waals surface area contributed by atoms with Crippen molar-refractivity contribution in [3.05, 3.63) is 45.9 Å². The van der Waals surface area contributed by atoms with Crippen LogP contribution in [0.4, 0.5) is 17.3 Å². The molecule has 19 heavy (non-hydrogen) atoms. The number of hydrogen-bond acceptors (Lipinski definition) is 4. The molecule has 0 bridgehead atoms. The Bertz CT molecular complexity index is 590. The van der Waals surface area contributed by atoms with Gasteiger partial charge < -0.3 is 15.8 Å². The number of pyridine rings is 1. The van der Waals surface area contributed by atoms with Crippen molar-refractivity contribution < 1.29 is 4.74 Å². The molecule has 3 N–H and O–H groups in total. The summed E-state index contributed by atoms with van der Waals surface area (Å²) in [5.41, 5.74) is 7.56. The third kappa shape index (κ3) is 3.50. The topological polar surface area (TPSA) is 60.2 Å². The zero-order valence-electron chi connectivity index (χ0n) is 10.3. The fourth-order valence-electron chi connectivity index (χ4n) is 1.61. The molecular weight excluding hydrogens is 285 g/mol. The predicted octanol–water partition coefficient (Wildman–Crippen LogP) is 3.86. The quantitative estimate of drug-likeness (QED) is 0.899. The highest BCUT2D eigenvalue weighted by atomic mass is 35.5. The van der Waals surface area contributed by atoms with Gasteiger partial charge in [-0.15, -0.1) is 0 Å². The molecule has 0 spiro atoms. The number of ether oxygens (including phenoxy) is 1. The van der Waals surface area contributed by atoms with Crippen molar-refractivity contribution in [1.82, 2.24) is 4.98 Å². The molecule has 0 saturated carbocycles. The van der Waals surface area contributed by atoms with Gasteiger partial charge >= 0.3 is 0 Å². The van der Waals surface area contributed by atoms with E-state index in [9.17, 15) is 0 Å². The van der Waals surface area contributed by atoms with Crippen molar-refractivity contribution in [2.24, 2.45) is 0 Å². The van der Waals surface area contributed by atoms with Gasteiger partial charge in [0.15, 0.2) is 5.82 Å². The van der Waals surface area contributed by atoms with Crippen LogP contribution in [0.2, 0.25) is 10.0 Å². The van der Waals surface area contributed by atoms with Gasteiger partial charge in [-0.05, 0) is 23.8 Å². The molecule has 100 valence electrons. The summed E-state index contributed by atoms with van der Waals surface area (Å²) in [5, 5.41) is 3.85. The fourth-order valence-corrected chi connectivity index (χ4v) is 2.02. The summed E-state index contributed by atoms with van der Waals surface area (Å²) in [6.07, 6.45) is 0. The molecule has 1 heterocycles. The van der Waals surface area contributed by atoms with E-state index in [4.69, 9.17) is 33.7 Å². The van der Waals surface area contributed by atoms with Crippen molar-refractivity contribution >= 4 is 40.5 Å². The molecule has 1 aromatic heterocycles. The van der Waals surface area contributed by atoms with Crippen LogP contribution in [-0.2, 0) is 11.3 Å². The van der Waals surface area contributed by atoms with E-state index < -0.39 is 0 Å². The van der Waals surface area contributed by atoms with Crippen LogP contribution < -0.4 is 11.1 Å². The molecule has 0 unspecified atom stereocenters. The molecular formula is C13H13Cl2N3O. The SMILES string of the molecule is COCc1cccc(Nc2nc(N)c(Cl)cc2Cl)c1. The third-order valence-corrected chi connectivity index (χ3v) is 3.05. The van der Waals surface area contributed by atoms with Crippen molar-refractivity contribution in [2.75, 3.05) is 18.2 Å². The summed E-state index contributed by atoms with van der Waals surface area (Å²) < 4.78 is 5.08. The van der Waals surface area contributed by atoms with E-state index in [-0.39, 0.29) is 5.82 Å². The Hall–Kier alpha value is -1.49. The molecule has 0 aliphatic carbocycles. The first-order chi connectivity index (χ1) is 9.10. The van der Waals surface area contributed by atoms with Gasteiger partial charge in [-0.1, -0.05) is 35.3 Å². The van der Waals surface area contributed by atoms with Gasteiger partial charge in [-0.3, -0.25) is 0 Å². The Morgan fingerprint density at radius 2 is 2.05 bits per heavy atom. The van der Waals surface area contributed by atoms with E-state index in [1.165, 1.54) is 0 Å². The van der Waals surface area contributed by atoms with Crippen LogP contribution in [0.5, 0.6) is 0 Å². The minimum Gasteiger partial charge on any atom is -0.382 e. The lowest BCUT2D eigenvalue weighted by Gasteiger charge is -2.10. The maximum atomic E-state index is 6.06. The minimum atomic E-state index is 0.238. The maximum absolute atomic E-state index is 6.06. The van der Waals surface area contributed by atoms with Gasteiger partial charge in [0, 0.05) is 12.8 Å². The molecule has 0 amide bonds. The van der Waals surface area contributed by atoms with Gasteiger partial charge in [0.05, 0.1) is 16.7 Å². The normalized spacial score (nSPS) is 10.5. The maximum Gasteiger partial charge on any atom is 0.151 e. The Morgan fingerprint density at radius 3 is 2.79 bits per heavy atom. The zero-order chi connectivity index (χ0) is 13.8. The second kappa shape index (κ2) is 6.10. The second-order valence-electron chi connectivity index (χ2n) is 3.94. The summed E-state index contributed by atoms with van der Waals surface area (Å²) in [5.74, 6) is 0.708. The first-order valence-electron chi connectivity index (χ1n) is 5.56. The summed E-state index contributed by atoms with van der Waals surface area (Å²) in [7, 11) is 1.65. The van der Waals surface area contributed by atoms with E-state index in [1.807, 2.05) is 24.3 Å². The number of halogens is 2. The lowest BCUT2D eigenvalue weighted by atomic mass is 10.2. The van der Waals surface area contributed by atoms with E-state index in [0.717, 1.165) is 11.3 Å². The lowest BCUT2D eigenvalue weighted by Crippen LogP contribution is -1.99. The van der Waals surface area contributed by atoms with E-state index in [1.54, 1.807) is 13.2 Å². The monoisotopic (exact) mass is 297 g/mol. The van der Waals surface area contributed by atoms with Crippen LogP contribution in [0, 0.1) is 0 Å². The van der Waals surface area contributed by atoms with Gasteiger partial charge in [-0.25, -0.2) is 4.98 Å². The molecule has 1 aromatic carbocycles. The van der Waals surface area contributed by atoms with Crippen molar-refractivity contribution in [2.45, 2.75) is 6.61 Å². The molecule has 0 saturated heterocycles. The largest absolute Gasteiger partial charge is 0.382 e. The number of methoxy groups -OCH3 is 1. The van der Waals surface area contributed by atoms with Crippen molar-refractivity contribution in [3.63, 3.8) is 0 Å². The van der Waals surface area contributed by atoms with Crippen LogP contribution in [-0.4, -0.2) is 12.1 Å². The van der Waals surface area contributed by atoms with Crippen LogP contribution in [0.3, 0.4) is 0 Å². The summed E-state index contributed by atoms with van der Waals surface area (Å²) >= 11 is 11.9. The average molecular weight is 298 g/mol. The smallest absolute Gasteiger partial charge is 0.151 e. The fraction of sp³-hybridized carbons (Fsp3) is 0.154. The molecule has 0 radical (unpaired) electrons. The zero-order valence-corrected chi connectivity index (χ0v) is 11.8. The van der Waals surface area contributed by atoms with Crippen LogP contribution in [0.25, 0.3) is 0 Å². The predicted molar refractivity (Wildman–Crippen MR) is 79.1 cm³/mol. The number of nitrogens with one attached hydrogen (secondary N) is 1. The average Bonchev–Trinajstić information content (AvgIpc) is 2.37. The Labute approximate surface area is 121 Å². The van der Waals surface area contributed by atoms with Crippen LogP contribution in [0.1, 0.15) is 5.56 Å². The molecule has 4 nitrogen and oxygen atoms in total. The number of anilines is 3. The number of nitrogen functional groups attached to an aromatic ring is 1. The van der Waals surface area contributed by atoms with Gasteiger partial charge in [-0.2, -0.15) is 0 Å². The Morgan fingerprint density at radius 1 is 1.26 bits per heavy atom. The summed E-state index contributed by atoms with van der Waals surface area (Å²) in [6, 6.07) is 9.31. The third-order valence-electron chi connectivity index (χ3n) is 2.46. The highest BCUT2D eigenvalue weighted by molar-refractivity contribution is 6.37. The first kappa shape index (κ1) is 13.9. The molecule has 0 aliphatic rings. The van der Waals surface area contributed by atoms with Gasteiger partial charge in [0.25, 0.3) is 0 Å². The molecule has 0 fully saturated rings. The number of hydrogen-bond donors (Lipinski definition) is 2. The van der Waals surface area contributed by atoms with Gasteiger partial charge in [0.1, 0.15) is 5.82 Å². The van der Waals surface area contributed by atoms with Crippen molar-refractivity contribution in [3.8, 4) is 0 Å². The first-order valence-corrected chi connectivity index (χ1v) is 6.32. The highest BCUT2D eigenvalue weighted by Gasteiger charge is 2.07. The number of nitrogens with two attached hydrogens (primary N) is 1. The van der Waals surface area contributed by atoms with E-state index in [2.05, 4.69) is 10.3 Å². The lowest BCUT2D eigenvalue weighted by molar-refractivity contribution is 0.185. The standard InChI is InChI=1S/C13H13Cl2N3O/c1-19-7-8-3-2-4-9(5-8)17-13-11(15)6-10(14)12(16)18-13/h2-6H,7H2,1H3,(H3,16,17,18). The Balaban J connectivity index is 2.25. The van der Waals surface area contributed by atoms with Crippen molar-refractivity contribution in [1.29, 1.82) is 0 Å². The molecule has 6 heteroatoms. The van der Waals surface area contributed by atoms with E-state index in [0.29, 0.717) is 22.5 Å². The molecule has 2 rings (SSSR count). The van der Waals surface area contributed by atoms with Crippen LogP contribution >= 0.6 is 23.2 Å². The number of nitrogens with zero attached hydrogens (tertiary/aromatic N) is 1. The number of aromatic nitrogens is 1. The highest BCUT2D eigenvalue weighted by Crippen LogP contribution is 2.29.